The predicted molar refractivity (Wildman–Crippen MR) is 136 cm³/mol. The highest BCUT2D eigenvalue weighted by Gasteiger charge is 2.41. The lowest BCUT2D eigenvalue weighted by molar-refractivity contribution is -0.116. The minimum Gasteiger partial charge on any atom is -0.352 e. The predicted octanol–water partition coefficient (Wildman–Crippen LogP) is 4.83. The molecule has 3 heterocycles. The van der Waals surface area contributed by atoms with E-state index in [1.807, 2.05) is 55.6 Å². The molecule has 172 valence electrons. The molecule has 3 aromatic rings. The maximum Gasteiger partial charge on any atom is 0.226 e. The molecule has 0 spiro atoms. The van der Waals surface area contributed by atoms with Gasteiger partial charge in [0.05, 0.1) is 17.8 Å². The number of benzene rings is 1. The number of amides is 1. The summed E-state index contributed by atoms with van der Waals surface area (Å²) in [4.78, 5) is 19.5. The summed E-state index contributed by atoms with van der Waals surface area (Å²) in [6, 6.07) is 15.9. The number of hydrogen-bond acceptors (Lipinski definition) is 3. The van der Waals surface area contributed by atoms with Crippen LogP contribution in [0.2, 0.25) is 0 Å². The molecule has 1 amide bonds. The minimum atomic E-state index is -0.0793. The number of thiocarbonyl (C=S) groups is 1. The third kappa shape index (κ3) is 4.78. The van der Waals surface area contributed by atoms with Gasteiger partial charge in [-0.05, 0) is 81.4 Å². The van der Waals surface area contributed by atoms with Crippen LogP contribution in [0.3, 0.4) is 0 Å². The van der Waals surface area contributed by atoms with Crippen molar-refractivity contribution in [2.45, 2.75) is 52.7 Å². The number of carbonyl (C=O) groups is 1. The molecule has 0 bridgehead atoms. The van der Waals surface area contributed by atoms with Gasteiger partial charge in [0.2, 0.25) is 5.91 Å². The molecule has 0 aliphatic carbocycles. The Morgan fingerprint density at radius 3 is 2.64 bits per heavy atom. The van der Waals surface area contributed by atoms with Gasteiger partial charge in [0.1, 0.15) is 0 Å². The first-order valence-electron chi connectivity index (χ1n) is 11.4. The quantitative estimate of drug-likeness (QED) is 0.494. The highest BCUT2D eigenvalue weighted by Crippen LogP contribution is 2.40. The van der Waals surface area contributed by atoms with E-state index in [0.29, 0.717) is 18.1 Å². The zero-order chi connectivity index (χ0) is 23.5. The summed E-state index contributed by atoms with van der Waals surface area (Å²) in [5, 5.41) is 7.14. The fraction of sp³-hybridized carbons (Fsp3) is 0.346. The fourth-order valence-corrected chi connectivity index (χ4v) is 5.10. The van der Waals surface area contributed by atoms with Crippen molar-refractivity contribution in [2.24, 2.45) is 0 Å². The third-order valence-corrected chi connectivity index (χ3v) is 6.68. The number of rotatable bonds is 7. The molecule has 1 fully saturated rings. The van der Waals surface area contributed by atoms with E-state index in [-0.39, 0.29) is 18.0 Å². The summed E-state index contributed by atoms with van der Waals surface area (Å²) in [6.45, 7) is 9.90. The van der Waals surface area contributed by atoms with Crippen molar-refractivity contribution in [3.8, 4) is 0 Å². The maximum absolute atomic E-state index is 12.7. The van der Waals surface area contributed by atoms with Crippen LogP contribution in [0.25, 0.3) is 0 Å². The van der Waals surface area contributed by atoms with Gasteiger partial charge in [-0.3, -0.25) is 9.78 Å². The van der Waals surface area contributed by atoms with Crippen molar-refractivity contribution < 1.29 is 4.79 Å². The molecule has 1 aliphatic rings. The standard InChI is InChI=1S/C26H31N5OS/c1-5-30-18(3)16-21(19(30)4)25-24(22-11-6-7-13-27-22)29-26(33)31(25)14-12-23(32)28-20-10-8-9-17(2)15-20/h6-11,13,15-16,24-25H,5,12,14H2,1-4H3,(H,28,32)(H,29,33)/t24-,25+/m1/s1. The molecule has 33 heavy (non-hydrogen) atoms. The third-order valence-electron chi connectivity index (χ3n) is 6.33. The minimum absolute atomic E-state index is 0.0255. The van der Waals surface area contributed by atoms with Crippen LogP contribution in [0, 0.1) is 20.8 Å². The smallest absolute Gasteiger partial charge is 0.226 e. The number of hydrogen-bond donors (Lipinski definition) is 2. The number of aryl methyl sites for hydroxylation is 2. The number of aromatic nitrogens is 2. The highest BCUT2D eigenvalue weighted by molar-refractivity contribution is 7.80. The Balaban J connectivity index is 1.60. The Hall–Kier alpha value is -3.19. The van der Waals surface area contributed by atoms with Gasteiger partial charge in [-0.2, -0.15) is 0 Å². The van der Waals surface area contributed by atoms with Crippen LogP contribution in [0.15, 0.2) is 54.7 Å². The summed E-state index contributed by atoms with van der Waals surface area (Å²) >= 11 is 5.75. The van der Waals surface area contributed by atoms with Crippen molar-refractivity contribution in [3.05, 3.63) is 82.9 Å². The molecule has 1 aliphatic heterocycles. The molecule has 6 nitrogen and oxygen atoms in total. The second-order valence-electron chi connectivity index (χ2n) is 8.56. The van der Waals surface area contributed by atoms with E-state index < -0.39 is 0 Å². The fourth-order valence-electron chi connectivity index (χ4n) is 4.77. The first-order chi connectivity index (χ1) is 15.9. The lowest BCUT2D eigenvalue weighted by atomic mass is 9.96. The molecule has 2 N–H and O–H groups in total. The van der Waals surface area contributed by atoms with Crippen LogP contribution in [0.4, 0.5) is 5.69 Å². The van der Waals surface area contributed by atoms with Crippen LogP contribution < -0.4 is 10.6 Å². The molecule has 0 radical (unpaired) electrons. The van der Waals surface area contributed by atoms with E-state index >= 15 is 0 Å². The second-order valence-corrected chi connectivity index (χ2v) is 8.95. The molecule has 7 heteroatoms. The molecule has 0 saturated carbocycles. The summed E-state index contributed by atoms with van der Waals surface area (Å²) in [5.41, 5.74) is 6.54. The Bertz CT molecular complexity index is 1160. The first-order valence-corrected chi connectivity index (χ1v) is 11.8. The molecule has 4 rings (SSSR count). The largest absolute Gasteiger partial charge is 0.352 e. The van der Waals surface area contributed by atoms with E-state index in [1.54, 1.807) is 0 Å². The summed E-state index contributed by atoms with van der Waals surface area (Å²) in [5.74, 6) is -0.0255. The van der Waals surface area contributed by atoms with Crippen LogP contribution >= 0.6 is 12.2 Å². The Morgan fingerprint density at radius 1 is 1.15 bits per heavy atom. The molecular formula is C26H31N5OS. The van der Waals surface area contributed by atoms with Gasteiger partial charge in [0.25, 0.3) is 0 Å². The number of nitrogens with zero attached hydrogens (tertiary/aromatic N) is 3. The molecule has 2 aromatic heterocycles. The van der Waals surface area contributed by atoms with E-state index in [0.717, 1.165) is 23.5 Å². The normalized spacial score (nSPS) is 17.8. The second kappa shape index (κ2) is 9.75. The number of nitrogens with one attached hydrogen (secondary N) is 2. The van der Waals surface area contributed by atoms with E-state index in [1.165, 1.54) is 17.0 Å². The Kier molecular flexibility index (Phi) is 6.79. The monoisotopic (exact) mass is 461 g/mol. The number of carbonyl (C=O) groups excluding carboxylic acids is 1. The molecule has 1 aromatic carbocycles. The molecule has 2 atom stereocenters. The summed E-state index contributed by atoms with van der Waals surface area (Å²) in [7, 11) is 0. The summed E-state index contributed by atoms with van der Waals surface area (Å²) in [6.07, 6.45) is 2.15. The van der Waals surface area contributed by atoms with Gasteiger partial charge in [-0.15, -0.1) is 0 Å². The van der Waals surface area contributed by atoms with Crippen LogP contribution in [0.1, 0.15) is 53.6 Å². The van der Waals surface area contributed by atoms with E-state index in [9.17, 15) is 4.79 Å². The van der Waals surface area contributed by atoms with Crippen molar-refractivity contribution in [2.75, 3.05) is 11.9 Å². The SMILES string of the molecule is CCn1c(C)cc([C@H]2[C@@H](c3ccccn3)NC(=S)N2CCC(=O)Nc2cccc(C)c2)c1C. The van der Waals surface area contributed by atoms with E-state index in [2.05, 4.69) is 51.9 Å². The van der Waals surface area contributed by atoms with Gasteiger partial charge < -0.3 is 20.1 Å². The Labute approximate surface area is 201 Å². The van der Waals surface area contributed by atoms with Crippen molar-refractivity contribution >= 4 is 28.9 Å². The van der Waals surface area contributed by atoms with Crippen molar-refractivity contribution in [1.82, 2.24) is 19.8 Å². The van der Waals surface area contributed by atoms with Gasteiger partial charge in [0.15, 0.2) is 5.11 Å². The average molecular weight is 462 g/mol. The van der Waals surface area contributed by atoms with E-state index in [4.69, 9.17) is 12.2 Å². The lowest BCUT2D eigenvalue weighted by Crippen LogP contribution is -2.32. The zero-order valence-electron chi connectivity index (χ0n) is 19.6. The maximum atomic E-state index is 12.7. The van der Waals surface area contributed by atoms with Gasteiger partial charge in [0, 0.05) is 42.8 Å². The molecule has 1 saturated heterocycles. The topological polar surface area (TPSA) is 62.2 Å². The molecular weight excluding hydrogens is 430 g/mol. The Morgan fingerprint density at radius 2 is 1.97 bits per heavy atom. The lowest BCUT2D eigenvalue weighted by Gasteiger charge is -2.28. The molecule has 0 unspecified atom stereocenters. The average Bonchev–Trinajstić information content (AvgIpc) is 3.27. The zero-order valence-corrected chi connectivity index (χ0v) is 20.4. The number of anilines is 1. The summed E-state index contributed by atoms with van der Waals surface area (Å²) < 4.78 is 2.31. The number of pyridine rings is 1. The van der Waals surface area contributed by atoms with Crippen molar-refractivity contribution in [1.29, 1.82) is 0 Å². The highest BCUT2D eigenvalue weighted by atomic mass is 32.1. The van der Waals surface area contributed by atoms with Crippen LogP contribution in [-0.2, 0) is 11.3 Å². The van der Waals surface area contributed by atoms with Gasteiger partial charge >= 0.3 is 0 Å². The first kappa shape index (κ1) is 23.0. The van der Waals surface area contributed by atoms with Crippen LogP contribution in [-0.4, -0.2) is 32.0 Å². The van der Waals surface area contributed by atoms with Gasteiger partial charge in [-0.25, -0.2) is 0 Å². The van der Waals surface area contributed by atoms with Crippen molar-refractivity contribution in [3.63, 3.8) is 0 Å². The van der Waals surface area contributed by atoms with Gasteiger partial charge in [-0.1, -0.05) is 18.2 Å². The van der Waals surface area contributed by atoms with Crippen LogP contribution in [0.5, 0.6) is 0 Å².